The summed E-state index contributed by atoms with van der Waals surface area (Å²) in [4.78, 5) is 34.7. The van der Waals surface area contributed by atoms with Gasteiger partial charge in [-0.15, -0.1) is 0 Å². The van der Waals surface area contributed by atoms with Crippen LogP contribution < -0.4 is 10.6 Å². The van der Waals surface area contributed by atoms with Crippen molar-refractivity contribution >= 4 is 23.5 Å². The van der Waals surface area contributed by atoms with Gasteiger partial charge < -0.3 is 15.7 Å². The summed E-state index contributed by atoms with van der Waals surface area (Å²) in [7, 11) is 0. The molecule has 1 aliphatic rings. The predicted octanol–water partition coefficient (Wildman–Crippen LogP) is 2.41. The van der Waals surface area contributed by atoms with Crippen LogP contribution in [0.15, 0.2) is 24.3 Å². The molecule has 23 heavy (non-hydrogen) atoms. The molecule has 0 bridgehead atoms. The fourth-order valence-corrected chi connectivity index (χ4v) is 2.39. The Morgan fingerprint density at radius 3 is 2.52 bits per heavy atom. The van der Waals surface area contributed by atoms with Crippen molar-refractivity contribution in [2.24, 2.45) is 5.92 Å². The molecule has 1 fully saturated rings. The first kappa shape index (κ1) is 17.0. The van der Waals surface area contributed by atoms with Crippen molar-refractivity contribution < 1.29 is 19.5 Å². The fraction of sp³-hybridized carbons (Fsp3) is 0.471. The largest absolute Gasteiger partial charge is 0.481 e. The number of para-hydroxylation sites is 1. The van der Waals surface area contributed by atoms with Crippen LogP contribution in [0.1, 0.15) is 48.9 Å². The Balaban J connectivity index is 1.86. The highest BCUT2D eigenvalue weighted by Gasteiger charge is 2.26. The van der Waals surface area contributed by atoms with E-state index in [1.807, 2.05) is 0 Å². The van der Waals surface area contributed by atoms with Crippen LogP contribution >= 0.6 is 0 Å². The number of carbonyl (C=O) groups is 3. The van der Waals surface area contributed by atoms with Crippen LogP contribution in [-0.2, 0) is 9.59 Å². The third-order valence-corrected chi connectivity index (χ3v) is 4.01. The Morgan fingerprint density at radius 2 is 1.87 bits per heavy atom. The summed E-state index contributed by atoms with van der Waals surface area (Å²) >= 11 is 0. The van der Waals surface area contributed by atoms with Crippen LogP contribution in [0.2, 0.25) is 0 Å². The third kappa shape index (κ3) is 5.09. The van der Waals surface area contributed by atoms with Crippen molar-refractivity contribution in [3.05, 3.63) is 29.8 Å². The Labute approximate surface area is 135 Å². The summed E-state index contributed by atoms with van der Waals surface area (Å²) in [5.74, 6) is -1.06. The molecule has 0 atom stereocenters. The maximum absolute atomic E-state index is 12.2. The molecule has 0 saturated heterocycles. The number of aliphatic carboxylic acids is 1. The standard InChI is InChI=1S/C17H22N2O4/c20-15(21)10-3-4-11-18-17(23)13-8-1-2-9-14(13)19-16(22)12-6-5-7-12/h1-2,8-9,12H,3-7,10-11H2,(H,18,23)(H,19,22)(H,20,21). The maximum Gasteiger partial charge on any atom is 0.303 e. The molecule has 124 valence electrons. The van der Waals surface area contributed by atoms with Gasteiger partial charge in [0.1, 0.15) is 0 Å². The number of amides is 2. The molecule has 1 saturated carbocycles. The number of carboxylic acids is 1. The zero-order chi connectivity index (χ0) is 16.7. The lowest BCUT2D eigenvalue weighted by atomic mass is 9.85. The lowest BCUT2D eigenvalue weighted by Crippen LogP contribution is -2.30. The molecule has 1 aliphatic carbocycles. The molecule has 0 heterocycles. The molecule has 6 nitrogen and oxygen atoms in total. The van der Waals surface area contributed by atoms with Crippen LogP contribution in [0.3, 0.4) is 0 Å². The third-order valence-electron chi connectivity index (χ3n) is 4.01. The van der Waals surface area contributed by atoms with Gasteiger partial charge in [-0.2, -0.15) is 0 Å². The Hall–Kier alpha value is -2.37. The molecule has 0 aromatic heterocycles. The highest BCUT2D eigenvalue weighted by molar-refractivity contribution is 6.04. The van der Waals surface area contributed by atoms with Crippen LogP contribution in [0.25, 0.3) is 0 Å². The van der Waals surface area contributed by atoms with Gasteiger partial charge in [0.25, 0.3) is 5.91 Å². The second-order valence-corrected chi connectivity index (χ2v) is 5.77. The SMILES string of the molecule is O=C(O)CCCCNC(=O)c1ccccc1NC(=O)C1CCC1. The normalized spacial score (nSPS) is 13.9. The molecule has 1 aromatic carbocycles. The van der Waals surface area contributed by atoms with Gasteiger partial charge >= 0.3 is 5.97 Å². The van der Waals surface area contributed by atoms with Crippen LogP contribution in [0, 0.1) is 5.92 Å². The molecule has 3 N–H and O–H groups in total. The Morgan fingerprint density at radius 1 is 1.13 bits per heavy atom. The van der Waals surface area contributed by atoms with Gasteiger partial charge in [-0.05, 0) is 37.8 Å². The van der Waals surface area contributed by atoms with Gasteiger partial charge in [0.15, 0.2) is 0 Å². The number of carboxylic acid groups (broad SMARTS) is 1. The van der Waals surface area contributed by atoms with E-state index in [4.69, 9.17) is 5.11 Å². The molecule has 0 aliphatic heterocycles. The van der Waals surface area contributed by atoms with E-state index in [-0.39, 0.29) is 24.2 Å². The zero-order valence-electron chi connectivity index (χ0n) is 13.0. The van der Waals surface area contributed by atoms with Gasteiger partial charge in [-0.25, -0.2) is 0 Å². The average Bonchev–Trinajstić information content (AvgIpc) is 2.45. The monoisotopic (exact) mass is 318 g/mol. The molecule has 0 spiro atoms. The molecular formula is C17H22N2O4. The number of hydrogen-bond donors (Lipinski definition) is 3. The molecule has 2 rings (SSSR count). The van der Waals surface area contributed by atoms with E-state index in [0.717, 1.165) is 19.3 Å². The molecule has 0 radical (unpaired) electrons. The number of unbranched alkanes of at least 4 members (excludes halogenated alkanes) is 1. The summed E-state index contributed by atoms with van der Waals surface area (Å²) in [5.41, 5.74) is 0.950. The summed E-state index contributed by atoms with van der Waals surface area (Å²) < 4.78 is 0. The van der Waals surface area contributed by atoms with E-state index in [1.54, 1.807) is 24.3 Å². The molecule has 1 aromatic rings. The van der Waals surface area contributed by atoms with E-state index in [2.05, 4.69) is 10.6 Å². The van der Waals surface area contributed by atoms with Gasteiger partial charge in [-0.3, -0.25) is 14.4 Å². The molecule has 6 heteroatoms. The Bertz CT molecular complexity index is 582. The second kappa shape index (κ2) is 8.31. The average molecular weight is 318 g/mol. The van der Waals surface area contributed by atoms with Crippen molar-refractivity contribution in [3.63, 3.8) is 0 Å². The first-order chi connectivity index (χ1) is 11.1. The summed E-state index contributed by atoms with van der Waals surface area (Å²) in [6.45, 7) is 0.414. The first-order valence-corrected chi connectivity index (χ1v) is 7.98. The Kier molecular flexibility index (Phi) is 6.14. The van der Waals surface area contributed by atoms with Crippen molar-refractivity contribution in [1.29, 1.82) is 0 Å². The van der Waals surface area contributed by atoms with Crippen LogP contribution in [-0.4, -0.2) is 29.4 Å². The van der Waals surface area contributed by atoms with Gasteiger partial charge in [-0.1, -0.05) is 18.6 Å². The molecular weight excluding hydrogens is 296 g/mol. The minimum atomic E-state index is -0.833. The minimum Gasteiger partial charge on any atom is -0.481 e. The van der Waals surface area contributed by atoms with E-state index >= 15 is 0 Å². The van der Waals surface area contributed by atoms with Gasteiger partial charge in [0, 0.05) is 18.9 Å². The second-order valence-electron chi connectivity index (χ2n) is 5.77. The van der Waals surface area contributed by atoms with Crippen molar-refractivity contribution in [1.82, 2.24) is 5.32 Å². The number of benzene rings is 1. The predicted molar refractivity (Wildman–Crippen MR) is 86.2 cm³/mol. The molecule has 2 amide bonds. The van der Waals surface area contributed by atoms with Crippen molar-refractivity contribution in [2.45, 2.75) is 38.5 Å². The van der Waals surface area contributed by atoms with E-state index in [9.17, 15) is 14.4 Å². The number of rotatable bonds is 8. The van der Waals surface area contributed by atoms with Crippen molar-refractivity contribution in [3.8, 4) is 0 Å². The fourth-order valence-electron chi connectivity index (χ4n) is 2.39. The van der Waals surface area contributed by atoms with Crippen LogP contribution in [0.4, 0.5) is 5.69 Å². The highest BCUT2D eigenvalue weighted by atomic mass is 16.4. The quantitative estimate of drug-likeness (QED) is 0.641. The molecule has 0 unspecified atom stereocenters. The summed E-state index contributed by atoms with van der Waals surface area (Å²) in [6, 6.07) is 6.91. The smallest absolute Gasteiger partial charge is 0.303 e. The van der Waals surface area contributed by atoms with E-state index in [0.29, 0.717) is 30.6 Å². The zero-order valence-corrected chi connectivity index (χ0v) is 13.0. The maximum atomic E-state index is 12.2. The highest BCUT2D eigenvalue weighted by Crippen LogP contribution is 2.28. The van der Waals surface area contributed by atoms with Crippen LogP contribution in [0.5, 0.6) is 0 Å². The summed E-state index contributed by atoms with van der Waals surface area (Å²) in [6.07, 6.45) is 4.12. The van der Waals surface area contributed by atoms with Gasteiger partial charge in [0.05, 0.1) is 11.3 Å². The van der Waals surface area contributed by atoms with E-state index < -0.39 is 5.97 Å². The lowest BCUT2D eigenvalue weighted by Gasteiger charge is -2.24. The van der Waals surface area contributed by atoms with Crippen molar-refractivity contribution in [2.75, 3.05) is 11.9 Å². The number of carbonyl (C=O) groups excluding carboxylic acids is 2. The number of hydrogen-bond acceptors (Lipinski definition) is 3. The lowest BCUT2D eigenvalue weighted by molar-refractivity contribution is -0.137. The summed E-state index contributed by atoms with van der Waals surface area (Å²) in [5, 5.41) is 14.2. The topological polar surface area (TPSA) is 95.5 Å². The minimum absolute atomic E-state index is 0.0297. The number of anilines is 1. The number of nitrogens with one attached hydrogen (secondary N) is 2. The first-order valence-electron chi connectivity index (χ1n) is 7.98. The van der Waals surface area contributed by atoms with Gasteiger partial charge in [0.2, 0.25) is 5.91 Å². The van der Waals surface area contributed by atoms with E-state index in [1.165, 1.54) is 0 Å².